The van der Waals surface area contributed by atoms with Gasteiger partial charge in [-0.2, -0.15) is 4.98 Å². The lowest BCUT2D eigenvalue weighted by Crippen LogP contribution is -2.46. The van der Waals surface area contributed by atoms with Gasteiger partial charge in [0.05, 0.1) is 6.61 Å². The van der Waals surface area contributed by atoms with Crippen molar-refractivity contribution in [2.45, 2.75) is 52.0 Å². The molecule has 0 bridgehead atoms. The van der Waals surface area contributed by atoms with E-state index in [1.54, 1.807) is 0 Å². The molecule has 1 aliphatic heterocycles. The first-order chi connectivity index (χ1) is 13.7. The Balaban J connectivity index is 1.57. The Morgan fingerprint density at radius 1 is 1.25 bits per heavy atom. The summed E-state index contributed by atoms with van der Waals surface area (Å²) in [7, 11) is 0. The molecule has 2 heterocycles. The highest BCUT2D eigenvalue weighted by atomic mass is 16.5. The smallest absolute Gasteiger partial charge is 0.227 e. The Labute approximate surface area is 166 Å². The first-order valence-corrected chi connectivity index (χ1v) is 10.3. The highest BCUT2D eigenvalue weighted by molar-refractivity contribution is 5.76. The number of amides is 1. The van der Waals surface area contributed by atoms with Crippen LogP contribution >= 0.6 is 0 Å². The molecule has 7 nitrogen and oxygen atoms in total. The molecule has 0 atom stereocenters. The fourth-order valence-corrected chi connectivity index (χ4v) is 3.57. The summed E-state index contributed by atoms with van der Waals surface area (Å²) in [6.45, 7) is 7.47. The number of piperidine rings is 1. The van der Waals surface area contributed by atoms with Crippen molar-refractivity contribution in [3.8, 4) is 17.1 Å². The highest BCUT2D eigenvalue weighted by Crippen LogP contribution is 2.21. The average Bonchev–Trinajstić information content (AvgIpc) is 3.21. The second kappa shape index (κ2) is 10.2. The molecule has 1 saturated heterocycles. The van der Waals surface area contributed by atoms with Crippen LogP contribution in [0.5, 0.6) is 5.75 Å². The maximum Gasteiger partial charge on any atom is 0.227 e. The number of aromatic nitrogens is 2. The molecule has 2 aromatic rings. The van der Waals surface area contributed by atoms with Gasteiger partial charge >= 0.3 is 0 Å². The second-order valence-electron chi connectivity index (χ2n) is 7.04. The van der Waals surface area contributed by atoms with E-state index in [0.29, 0.717) is 37.2 Å². The van der Waals surface area contributed by atoms with E-state index in [9.17, 15) is 4.79 Å². The average molecular weight is 386 g/mol. The van der Waals surface area contributed by atoms with Gasteiger partial charge in [0.2, 0.25) is 17.6 Å². The zero-order valence-electron chi connectivity index (χ0n) is 16.8. The molecule has 0 aliphatic carbocycles. The van der Waals surface area contributed by atoms with Crippen molar-refractivity contribution in [2.75, 3.05) is 26.2 Å². The first kappa shape index (κ1) is 20.3. The normalized spacial score (nSPS) is 14.8. The molecule has 0 saturated carbocycles. The van der Waals surface area contributed by atoms with E-state index >= 15 is 0 Å². The SMILES string of the molecule is CCCN(C(=O)CCc1nc(-c2ccc(OCC)cc2)no1)C1CCNCC1. The van der Waals surface area contributed by atoms with Gasteiger partial charge in [-0.1, -0.05) is 12.1 Å². The largest absolute Gasteiger partial charge is 0.494 e. The van der Waals surface area contributed by atoms with E-state index < -0.39 is 0 Å². The third-order valence-electron chi connectivity index (χ3n) is 4.98. The van der Waals surface area contributed by atoms with Crippen LogP contribution in [0.4, 0.5) is 0 Å². The molecule has 1 N–H and O–H groups in total. The number of nitrogens with one attached hydrogen (secondary N) is 1. The van der Waals surface area contributed by atoms with Crippen LogP contribution in [0.3, 0.4) is 0 Å². The maximum absolute atomic E-state index is 12.8. The van der Waals surface area contributed by atoms with Gasteiger partial charge in [-0.05, 0) is 63.5 Å². The number of carbonyl (C=O) groups excluding carboxylic acids is 1. The number of nitrogens with zero attached hydrogens (tertiary/aromatic N) is 3. The number of carbonyl (C=O) groups is 1. The van der Waals surface area contributed by atoms with E-state index in [1.807, 2.05) is 36.1 Å². The molecule has 1 amide bonds. The van der Waals surface area contributed by atoms with E-state index in [-0.39, 0.29) is 5.91 Å². The minimum absolute atomic E-state index is 0.176. The fraction of sp³-hybridized carbons (Fsp3) is 0.571. The Morgan fingerprint density at radius 3 is 2.68 bits per heavy atom. The van der Waals surface area contributed by atoms with Crippen LogP contribution in [0.1, 0.15) is 45.4 Å². The van der Waals surface area contributed by atoms with Gasteiger partial charge in [0.25, 0.3) is 0 Å². The van der Waals surface area contributed by atoms with Gasteiger partial charge in [-0.3, -0.25) is 4.79 Å². The second-order valence-corrected chi connectivity index (χ2v) is 7.04. The van der Waals surface area contributed by atoms with Gasteiger partial charge in [-0.15, -0.1) is 0 Å². The molecule has 7 heteroatoms. The lowest BCUT2D eigenvalue weighted by atomic mass is 10.0. The fourth-order valence-electron chi connectivity index (χ4n) is 3.57. The van der Waals surface area contributed by atoms with Crippen LogP contribution in [0.2, 0.25) is 0 Å². The molecule has 3 rings (SSSR count). The number of benzene rings is 1. The molecule has 152 valence electrons. The number of ether oxygens (including phenoxy) is 1. The molecule has 0 spiro atoms. The van der Waals surface area contributed by atoms with Crippen molar-refractivity contribution in [1.29, 1.82) is 0 Å². The van der Waals surface area contributed by atoms with Gasteiger partial charge in [0.15, 0.2) is 0 Å². The summed E-state index contributed by atoms with van der Waals surface area (Å²) in [6.07, 6.45) is 3.88. The zero-order valence-corrected chi connectivity index (χ0v) is 16.8. The van der Waals surface area contributed by atoms with Crippen LogP contribution in [-0.4, -0.2) is 53.2 Å². The Bertz CT molecular complexity index is 738. The lowest BCUT2D eigenvalue weighted by Gasteiger charge is -2.34. The van der Waals surface area contributed by atoms with Crippen LogP contribution in [-0.2, 0) is 11.2 Å². The Kier molecular flexibility index (Phi) is 7.42. The summed E-state index contributed by atoms with van der Waals surface area (Å²) >= 11 is 0. The maximum atomic E-state index is 12.8. The minimum atomic E-state index is 0.176. The third-order valence-corrected chi connectivity index (χ3v) is 4.98. The predicted octanol–water partition coefficient (Wildman–Crippen LogP) is 3.06. The molecule has 1 aliphatic rings. The third kappa shape index (κ3) is 5.32. The van der Waals surface area contributed by atoms with Crippen molar-refractivity contribution in [1.82, 2.24) is 20.4 Å². The number of rotatable bonds is 9. The summed E-state index contributed by atoms with van der Waals surface area (Å²) in [5.74, 6) is 2.03. The van der Waals surface area contributed by atoms with E-state index in [1.165, 1.54) is 0 Å². The van der Waals surface area contributed by atoms with Crippen molar-refractivity contribution >= 4 is 5.91 Å². The summed E-state index contributed by atoms with van der Waals surface area (Å²) in [5.41, 5.74) is 0.868. The van der Waals surface area contributed by atoms with Crippen LogP contribution in [0, 0.1) is 0 Å². The molecule has 0 radical (unpaired) electrons. The monoisotopic (exact) mass is 386 g/mol. The predicted molar refractivity (Wildman–Crippen MR) is 107 cm³/mol. The molecular weight excluding hydrogens is 356 g/mol. The summed E-state index contributed by atoms with van der Waals surface area (Å²) < 4.78 is 10.8. The van der Waals surface area contributed by atoms with Gasteiger partial charge < -0.3 is 19.5 Å². The highest BCUT2D eigenvalue weighted by Gasteiger charge is 2.24. The van der Waals surface area contributed by atoms with Gasteiger partial charge in [0.1, 0.15) is 5.75 Å². The standard InChI is InChI=1S/C21H30N4O3/c1-3-15-25(17-11-13-22-14-12-17)20(26)10-9-19-23-21(24-28-19)16-5-7-18(8-6-16)27-4-2/h5-8,17,22H,3-4,9-15H2,1-2H3. The van der Waals surface area contributed by atoms with E-state index in [4.69, 9.17) is 9.26 Å². The summed E-state index contributed by atoms with van der Waals surface area (Å²) in [4.78, 5) is 19.3. The van der Waals surface area contributed by atoms with Crippen molar-refractivity contribution < 1.29 is 14.1 Å². The van der Waals surface area contributed by atoms with Crippen LogP contribution in [0.15, 0.2) is 28.8 Å². The van der Waals surface area contributed by atoms with Crippen molar-refractivity contribution in [3.05, 3.63) is 30.2 Å². The molecular formula is C21H30N4O3. The van der Waals surface area contributed by atoms with Gasteiger partial charge in [0, 0.05) is 31.0 Å². The van der Waals surface area contributed by atoms with Crippen molar-refractivity contribution in [2.24, 2.45) is 0 Å². The first-order valence-electron chi connectivity index (χ1n) is 10.3. The minimum Gasteiger partial charge on any atom is -0.494 e. The van der Waals surface area contributed by atoms with Crippen LogP contribution < -0.4 is 10.1 Å². The number of hydrogen-bond donors (Lipinski definition) is 1. The molecule has 28 heavy (non-hydrogen) atoms. The van der Waals surface area contributed by atoms with E-state index in [0.717, 1.165) is 50.2 Å². The quantitative estimate of drug-likeness (QED) is 0.713. The molecule has 1 aromatic heterocycles. The van der Waals surface area contributed by atoms with Gasteiger partial charge in [-0.25, -0.2) is 0 Å². The molecule has 0 unspecified atom stereocenters. The van der Waals surface area contributed by atoms with E-state index in [2.05, 4.69) is 22.4 Å². The zero-order chi connectivity index (χ0) is 19.8. The topological polar surface area (TPSA) is 80.5 Å². The van der Waals surface area contributed by atoms with Crippen molar-refractivity contribution in [3.63, 3.8) is 0 Å². The summed E-state index contributed by atoms with van der Waals surface area (Å²) in [6, 6.07) is 7.94. The number of aryl methyl sites for hydroxylation is 1. The molecule has 1 fully saturated rings. The summed E-state index contributed by atoms with van der Waals surface area (Å²) in [5, 5.41) is 7.41. The Hall–Kier alpha value is -2.41. The van der Waals surface area contributed by atoms with Crippen LogP contribution in [0.25, 0.3) is 11.4 Å². The Morgan fingerprint density at radius 2 is 2.00 bits per heavy atom. The lowest BCUT2D eigenvalue weighted by molar-refractivity contribution is -0.134. The molecule has 1 aromatic carbocycles. The number of hydrogen-bond acceptors (Lipinski definition) is 6.